The van der Waals surface area contributed by atoms with E-state index in [2.05, 4.69) is 10.1 Å². The van der Waals surface area contributed by atoms with E-state index in [1.165, 1.54) is 6.33 Å². The van der Waals surface area contributed by atoms with Crippen molar-refractivity contribution < 1.29 is 14.9 Å². The first-order chi connectivity index (χ1) is 8.72. The Labute approximate surface area is 103 Å². The van der Waals surface area contributed by atoms with Crippen molar-refractivity contribution in [2.24, 2.45) is 0 Å². The Hall–Kier alpha value is -1.70. The zero-order chi connectivity index (χ0) is 12.7. The van der Waals surface area contributed by atoms with Crippen LogP contribution in [0, 0.1) is 0 Å². The lowest BCUT2D eigenvalue weighted by Crippen LogP contribution is -2.28. The average molecular weight is 250 g/mol. The Morgan fingerprint density at radius 3 is 3.06 bits per heavy atom. The van der Waals surface area contributed by atoms with Gasteiger partial charge in [-0.1, -0.05) is 0 Å². The largest absolute Gasteiger partial charge is 0.394 e. The first-order valence-corrected chi connectivity index (χ1v) is 5.71. The maximum atomic E-state index is 10.1. The molecule has 3 rings (SSSR count). The van der Waals surface area contributed by atoms with Crippen LogP contribution in [-0.4, -0.2) is 50.2 Å². The molecule has 18 heavy (non-hydrogen) atoms. The highest BCUT2D eigenvalue weighted by atomic mass is 16.5. The molecular formula is C11H14N4O3. The smallest absolute Gasteiger partial charge is 0.151 e. The number of nitrogens with zero attached hydrogens (tertiary/aromatic N) is 3. The van der Waals surface area contributed by atoms with Gasteiger partial charge in [-0.15, -0.1) is 0 Å². The molecule has 4 N–H and O–H groups in total. The fraction of sp³-hybridized carbons (Fsp3) is 0.455. The van der Waals surface area contributed by atoms with Gasteiger partial charge in [-0.05, 0) is 12.1 Å². The van der Waals surface area contributed by atoms with E-state index in [0.29, 0.717) is 17.9 Å². The standard InChI is InChI=1S/C11H14N4O3/c12-11-8-2-1-7(15(8)14-5-13-11)6-4-18-9(3-16)10(6)17/h1-2,5-6,9-10,16-17H,3-4H2,(H2,12,13,14). The molecule has 96 valence electrons. The molecule has 3 heterocycles. The van der Waals surface area contributed by atoms with E-state index in [9.17, 15) is 5.11 Å². The van der Waals surface area contributed by atoms with Crippen molar-refractivity contribution >= 4 is 11.3 Å². The molecule has 7 nitrogen and oxygen atoms in total. The van der Waals surface area contributed by atoms with E-state index in [0.717, 1.165) is 5.69 Å². The van der Waals surface area contributed by atoms with Crippen LogP contribution in [0.2, 0.25) is 0 Å². The van der Waals surface area contributed by atoms with Crippen LogP contribution in [0.15, 0.2) is 18.5 Å². The monoisotopic (exact) mass is 250 g/mol. The van der Waals surface area contributed by atoms with Crippen LogP contribution < -0.4 is 5.73 Å². The second kappa shape index (κ2) is 4.20. The van der Waals surface area contributed by atoms with Crippen molar-refractivity contribution in [2.75, 3.05) is 18.9 Å². The van der Waals surface area contributed by atoms with Gasteiger partial charge in [-0.3, -0.25) is 0 Å². The second-order valence-corrected chi connectivity index (χ2v) is 4.35. The van der Waals surface area contributed by atoms with E-state index in [-0.39, 0.29) is 12.5 Å². The zero-order valence-corrected chi connectivity index (χ0v) is 9.60. The predicted molar refractivity (Wildman–Crippen MR) is 63.0 cm³/mol. The number of aliphatic hydroxyl groups is 2. The fourth-order valence-corrected chi connectivity index (χ4v) is 2.36. The molecule has 1 aliphatic heterocycles. The number of fused-ring (bicyclic) bond motifs is 1. The molecule has 0 radical (unpaired) electrons. The van der Waals surface area contributed by atoms with E-state index in [1.807, 2.05) is 12.1 Å². The molecule has 3 unspecified atom stereocenters. The van der Waals surface area contributed by atoms with E-state index in [4.69, 9.17) is 15.6 Å². The predicted octanol–water partition coefficient (Wildman–Crippen LogP) is -0.853. The Bertz CT molecular complexity index is 570. The summed E-state index contributed by atoms with van der Waals surface area (Å²) in [7, 11) is 0. The molecule has 0 saturated carbocycles. The van der Waals surface area contributed by atoms with Crippen LogP contribution in [0.4, 0.5) is 5.82 Å². The minimum absolute atomic E-state index is 0.196. The molecule has 1 fully saturated rings. The maximum Gasteiger partial charge on any atom is 0.151 e. The molecule has 7 heteroatoms. The lowest BCUT2D eigenvalue weighted by atomic mass is 9.99. The molecule has 2 aromatic heterocycles. The van der Waals surface area contributed by atoms with Crippen LogP contribution in [0.5, 0.6) is 0 Å². The fourth-order valence-electron chi connectivity index (χ4n) is 2.36. The number of anilines is 1. The highest BCUT2D eigenvalue weighted by molar-refractivity contribution is 5.65. The summed E-state index contributed by atoms with van der Waals surface area (Å²) < 4.78 is 6.99. The van der Waals surface area contributed by atoms with Gasteiger partial charge in [0.25, 0.3) is 0 Å². The molecule has 0 amide bonds. The Morgan fingerprint density at radius 2 is 2.33 bits per heavy atom. The summed E-state index contributed by atoms with van der Waals surface area (Å²) in [4.78, 5) is 3.91. The summed E-state index contributed by atoms with van der Waals surface area (Å²) in [6.07, 6.45) is 0.0846. The van der Waals surface area contributed by atoms with E-state index in [1.54, 1.807) is 4.52 Å². The Morgan fingerprint density at radius 1 is 1.50 bits per heavy atom. The molecule has 1 saturated heterocycles. The van der Waals surface area contributed by atoms with Crippen molar-refractivity contribution in [3.63, 3.8) is 0 Å². The van der Waals surface area contributed by atoms with E-state index < -0.39 is 12.2 Å². The van der Waals surface area contributed by atoms with Gasteiger partial charge in [0.1, 0.15) is 17.9 Å². The topological polar surface area (TPSA) is 106 Å². The number of nitrogen functional groups attached to an aromatic ring is 1. The Balaban J connectivity index is 2.03. The molecule has 0 bridgehead atoms. The minimum atomic E-state index is -0.746. The number of nitrogens with two attached hydrogens (primary N) is 1. The van der Waals surface area contributed by atoms with Crippen molar-refractivity contribution in [1.29, 1.82) is 0 Å². The molecule has 0 aliphatic carbocycles. The van der Waals surface area contributed by atoms with Crippen LogP contribution in [0.1, 0.15) is 11.6 Å². The average Bonchev–Trinajstić information content (AvgIpc) is 2.93. The summed E-state index contributed by atoms with van der Waals surface area (Å²) in [5.74, 6) is 0.169. The third-order valence-electron chi connectivity index (χ3n) is 3.35. The van der Waals surface area contributed by atoms with Crippen LogP contribution >= 0.6 is 0 Å². The van der Waals surface area contributed by atoms with Crippen molar-refractivity contribution in [3.05, 3.63) is 24.2 Å². The highest BCUT2D eigenvalue weighted by Gasteiger charge is 2.38. The summed E-state index contributed by atoms with van der Waals surface area (Å²) in [6.45, 7) is 0.153. The molecule has 3 atom stereocenters. The summed E-state index contributed by atoms with van der Waals surface area (Å²) in [5, 5.41) is 23.3. The third-order valence-corrected chi connectivity index (χ3v) is 3.35. The van der Waals surface area contributed by atoms with Crippen LogP contribution in [0.3, 0.4) is 0 Å². The van der Waals surface area contributed by atoms with Crippen LogP contribution in [-0.2, 0) is 4.74 Å². The first-order valence-electron chi connectivity index (χ1n) is 5.71. The lowest BCUT2D eigenvalue weighted by molar-refractivity contribution is 0.00316. The van der Waals surface area contributed by atoms with Gasteiger partial charge in [-0.2, -0.15) is 5.10 Å². The molecule has 1 aliphatic rings. The third kappa shape index (κ3) is 1.56. The summed E-state index contributed by atoms with van der Waals surface area (Å²) in [6, 6.07) is 3.65. The van der Waals surface area contributed by atoms with Gasteiger partial charge >= 0.3 is 0 Å². The van der Waals surface area contributed by atoms with Gasteiger partial charge in [0, 0.05) is 0 Å². The highest BCUT2D eigenvalue weighted by Crippen LogP contribution is 2.31. The second-order valence-electron chi connectivity index (χ2n) is 4.35. The molecule has 0 aromatic carbocycles. The van der Waals surface area contributed by atoms with Crippen LogP contribution in [0.25, 0.3) is 5.52 Å². The molecule has 0 spiro atoms. The first kappa shape index (κ1) is 11.4. The molecule has 2 aromatic rings. The normalized spacial score (nSPS) is 28.0. The number of ether oxygens (including phenoxy) is 1. The van der Waals surface area contributed by atoms with Gasteiger partial charge < -0.3 is 20.7 Å². The van der Waals surface area contributed by atoms with Crippen molar-refractivity contribution in [2.45, 2.75) is 18.1 Å². The summed E-state index contributed by atoms with van der Waals surface area (Å²) in [5.41, 5.74) is 7.26. The van der Waals surface area contributed by atoms with Gasteiger partial charge in [0.15, 0.2) is 5.82 Å². The molecular weight excluding hydrogens is 236 g/mol. The zero-order valence-electron chi connectivity index (χ0n) is 9.60. The van der Waals surface area contributed by atoms with Crippen molar-refractivity contribution in [1.82, 2.24) is 14.6 Å². The Kier molecular flexibility index (Phi) is 2.66. The van der Waals surface area contributed by atoms with Gasteiger partial charge in [0.05, 0.1) is 30.9 Å². The summed E-state index contributed by atoms with van der Waals surface area (Å²) >= 11 is 0. The lowest BCUT2D eigenvalue weighted by Gasteiger charge is -2.15. The number of hydrogen-bond acceptors (Lipinski definition) is 6. The van der Waals surface area contributed by atoms with Crippen molar-refractivity contribution in [3.8, 4) is 0 Å². The van der Waals surface area contributed by atoms with Gasteiger partial charge in [0.2, 0.25) is 0 Å². The number of rotatable bonds is 2. The SMILES string of the molecule is Nc1ncnn2c(C3COC(CO)C3O)ccc12. The number of hydrogen-bond donors (Lipinski definition) is 3. The minimum Gasteiger partial charge on any atom is -0.394 e. The maximum absolute atomic E-state index is 10.1. The number of aromatic nitrogens is 3. The van der Waals surface area contributed by atoms with E-state index >= 15 is 0 Å². The van der Waals surface area contributed by atoms with Gasteiger partial charge in [-0.25, -0.2) is 9.50 Å². The quantitative estimate of drug-likeness (QED) is 0.641. The number of aliphatic hydroxyl groups excluding tert-OH is 2.